The molecule has 0 bridgehead atoms. The normalized spacial score (nSPS) is 15.0. The number of benzene rings is 1. The molecular weight excluding hydrogens is 320 g/mol. The molecule has 0 aliphatic carbocycles. The molecule has 0 saturated carbocycles. The van der Waals surface area contributed by atoms with Gasteiger partial charge in [0, 0.05) is 43.3 Å². The highest BCUT2D eigenvalue weighted by Crippen LogP contribution is 2.21. The number of carbonyl (C=O) groups is 3. The molecule has 1 aromatic rings. The van der Waals surface area contributed by atoms with E-state index in [9.17, 15) is 14.4 Å². The first-order valence-corrected chi connectivity index (χ1v) is 8.59. The lowest BCUT2D eigenvalue weighted by molar-refractivity contribution is -0.121. The van der Waals surface area contributed by atoms with Gasteiger partial charge in [0.25, 0.3) is 0 Å². The second-order valence-electron chi connectivity index (χ2n) is 6.62. The Morgan fingerprint density at radius 3 is 2.24 bits per heavy atom. The number of nitrogens with zero attached hydrogens (tertiary/aromatic N) is 1. The van der Waals surface area contributed by atoms with Crippen molar-refractivity contribution in [3.05, 3.63) is 24.3 Å². The third-order valence-electron chi connectivity index (χ3n) is 4.02. The molecule has 0 aromatic heterocycles. The van der Waals surface area contributed by atoms with Crippen molar-refractivity contribution < 1.29 is 14.4 Å². The molecule has 0 unspecified atom stereocenters. The first kappa shape index (κ1) is 18.8. The maximum absolute atomic E-state index is 12.4. The number of piperidine rings is 1. The van der Waals surface area contributed by atoms with Crippen molar-refractivity contribution in [2.45, 2.75) is 39.7 Å². The Labute approximate surface area is 148 Å². The van der Waals surface area contributed by atoms with Crippen LogP contribution in [0.1, 0.15) is 33.6 Å². The zero-order valence-electron chi connectivity index (χ0n) is 15.0. The Kier molecular flexibility index (Phi) is 6.38. The van der Waals surface area contributed by atoms with Crippen LogP contribution in [0.5, 0.6) is 0 Å². The lowest BCUT2D eigenvalue weighted by Crippen LogP contribution is -2.47. The fraction of sp³-hybridized carbons (Fsp3) is 0.500. The summed E-state index contributed by atoms with van der Waals surface area (Å²) < 4.78 is 0. The van der Waals surface area contributed by atoms with E-state index in [1.165, 1.54) is 6.92 Å². The zero-order valence-corrected chi connectivity index (χ0v) is 15.0. The van der Waals surface area contributed by atoms with E-state index < -0.39 is 0 Å². The highest BCUT2D eigenvalue weighted by Gasteiger charge is 2.27. The second-order valence-corrected chi connectivity index (χ2v) is 6.62. The number of likely N-dealkylation sites (tertiary alicyclic amines) is 1. The van der Waals surface area contributed by atoms with Gasteiger partial charge >= 0.3 is 6.03 Å². The van der Waals surface area contributed by atoms with E-state index in [1.54, 1.807) is 29.2 Å². The minimum Gasteiger partial charge on any atom is -0.336 e. The molecule has 1 aliphatic rings. The molecule has 136 valence electrons. The lowest BCUT2D eigenvalue weighted by Gasteiger charge is -2.32. The number of nitrogens with one attached hydrogen (secondary N) is 3. The fourth-order valence-corrected chi connectivity index (χ4v) is 2.81. The summed E-state index contributed by atoms with van der Waals surface area (Å²) >= 11 is 0. The molecule has 2 rings (SSSR count). The minimum atomic E-state index is -0.157. The van der Waals surface area contributed by atoms with Crippen LogP contribution in [0, 0.1) is 5.92 Å². The Morgan fingerprint density at radius 2 is 1.68 bits per heavy atom. The lowest BCUT2D eigenvalue weighted by atomic mass is 9.96. The number of carbonyl (C=O) groups excluding carboxylic acids is 3. The topological polar surface area (TPSA) is 90.5 Å². The first-order valence-electron chi connectivity index (χ1n) is 8.59. The van der Waals surface area contributed by atoms with Crippen molar-refractivity contribution in [3.8, 4) is 0 Å². The summed E-state index contributed by atoms with van der Waals surface area (Å²) in [6, 6.07) is 7.09. The van der Waals surface area contributed by atoms with Crippen LogP contribution in [0.25, 0.3) is 0 Å². The number of urea groups is 1. The first-order chi connectivity index (χ1) is 11.8. The van der Waals surface area contributed by atoms with Gasteiger partial charge in [-0.2, -0.15) is 0 Å². The average molecular weight is 346 g/mol. The Bertz CT molecular complexity index is 637. The Morgan fingerprint density at radius 1 is 1.08 bits per heavy atom. The standard InChI is InChI=1S/C18H26N4O3/c1-12(2)19-18(25)22-9-7-14(8-10-22)17(24)21-16-6-4-5-15(11-16)20-13(3)23/h4-6,11-12,14H,7-10H2,1-3H3,(H,19,25)(H,20,23)(H,21,24). The molecule has 1 aliphatic heterocycles. The van der Waals surface area contributed by atoms with E-state index >= 15 is 0 Å². The maximum atomic E-state index is 12.4. The Hall–Kier alpha value is -2.57. The third-order valence-corrected chi connectivity index (χ3v) is 4.02. The number of hydrogen-bond donors (Lipinski definition) is 3. The quantitative estimate of drug-likeness (QED) is 0.782. The Balaban J connectivity index is 1.86. The predicted octanol–water partition coefficient (Wildman–Crippen LogP) is 2.41. The van der Waals surface area contributed by atoms with Crippen molar-refractivity contribution in [2.24, 2.45) is 5.92 Å². The average Bonchev–Trinajstić information content (AvgIpc) is 2.54. The van der Waals surface area contributed by atoms with Crippen molar-refractivity contribution in [3.63, 3.8) is 0 Å². The largest absolute Gasteiger partial charge is 0.336 e. The molecule has 1 heterocycles. The van der Waals surface area contributed by atoms with E-state index in [2.05, 4.69) is 16.0 Å². The number of rotatable bonds is 4. The zero-order chi connectivity index (χ0) is 18.4. The van der Waals surface area contributed by atoms with E-state index in [0.717, 1.165) is 0 Å². The highest BCUT2D eigenvalue weighted by atomic mass is 16.2. The van der Waals surface area contributed by atoms with Crippen LogP contribution in [-0.2, 0) is 9.59 Å². The summed E-state index contributed by atoms with van der Waals surface area (Å²) in [6.07, 6.45) is 1.28. The van der Waals surface area contributed by atoms with Crippen LogP contribution in [-0.4, -0.2) is 41.9 Å². The van der Waals surface area contributed by atoms with Gasteiger partial charge in [0.05, 0.1) is 0 Å². The molecule has 1 saturated heterocycles. The monoisotopic (exact) mass is 346 g/mol. The second kappa shape index (κ2) is 8.50. The smallest absolute Gasteiger partial charge is 0.317 e. The van der Waals surface area contributed by atoms with Gasteiger partial charge in [0.2, 0.25) is 11.8 Å². The maximum Gasteiger partial charge on any atom is 0.317 e. The van der Waals surface area contributed by atoms with Gasteiger partial charge in [-0.25, -0.2) is 4.79 Å². The van der Waals surface area contributed by atoms with E-state index in [4.69, 9.17) is 0 Å². The van der Waals surface area contributed by atoms with Gasteiger partial charge in [-0.1, -0.05) is 6.07 Å². The summed E-state index contributed by atoms with van der Waals surface area (Å²) in [5.41, 5.74) is 1.29. The van der Waals surface area contributed by atoms with Crippen molar-refractivity contribution in [1.29, 1.82) is 0 Å². The number of hydrogen-bond acceptors (Lipinski definition) is 3. The van der Waals surface area contributed by atoms with Crippen molar-refractivity contribution >= 4 is 29.2 Å². The van der Waals surface area contributed by atoms with E-state index in [0.29, 0.717) is 37.3 Å². The van der Waals surface area contributed by atoms with Gasteiger partial charge in [-0.15, -0.1) is 0 Å². The molecule has 7 nitrogen and oxygen atoms in total. The van der Waals surface area contributed by atoms with E-state index in [-0.39, 0.29) is 29.8 Å². The van der Waals surface area contributed by atoms with Gasteiger partial charge in [-0.3, -0.25) is 9.59 Å². The molecule has 3 N–H and O–H groups in total. The van der Waals surface area contributed by atoms with Crippen LogP contribution in [0.3, 0.4) is 0 Å². The van der Waals surface area contributed by atoms with Crippen LogP contribution in [0.15, 0.2) is 24.3 Å². The fourth-order valence-electron chi connectivity index (χ4n) is 2.81. The van der Waals surface area contributed by atoms with Gasteiger partial charge in [-0.05, 0) is 44.9 Å². The SMILES string of the molecule is CC(=O)Nc1cccc(NC(=O)C2CCN(C(=O)NC(C)C)CC2)c1. The van der Waals surface area contributed by atoms with Crippen molar-refractivity contribution in [2.75, 3.05) is 23.7 Å². The minimum absolute atomic E-state index is 0.0520. The molecule has 25 heavy (non-hydrogen) atoms. The summed E-state index contributed by atoms with van der Waals surface area (Å²) in [5, 5.41) is 8.45. The molecule has 0 spiro atoms. The summed E-state index contributed by atoms with van der Waals surface area (Å²) in [7, 11) is 0. The van der Waals surface area contributed by atoms with Gasteiger partial charge < -0.3 is 20.9 Å². The molecule has 7 heteroatoms. The molecule has 0 atom stereocenters. The van der Waals surface area contributed by atoms with Gasteiger partial charge in [0.15, 0.2) is 0 Å². The van der Waals surface area contributed by atoms with Crippen molar-refractivity contribution in [1.82, 2.24) is 10.2 Å². The van der Waals surface area contributed by atoms with Crippen LogP contribution >= 0.6 is 0 Å². The summed E-state index contributed by atoms with van der Waals surface area (Å²) in [5.74, 6) is -0.327. The molecule has 0 radical (unpaired) electrons. The molecule has 1 aromatic carbocycles. The number of amides is 4. The van der Waals surface area contributed by atoms with Crippen LogP contribution in [0.4, 0.5) is 16.2 Å². The molecule has 1 fully saturated rings. The van der Waals surface area contributed by atoms with Gasteiger partial charge in [0.1, 0.15) is 0 Å². The van der Waals surface area contributed by atoms with Crippen LogP contribution < -0.4 is 16.0 Å². The highest BCUT2D eigenvalue weighted by molar-refractivity contribution is 5.94. The molecular formula is C18H26N4O3. The van der Waals surface area contributed by atoms with Crippen LogP contribution in [0.2, 0.25) is 0 Å². The molecule has 4 amide bonds. The van der Waals surface area contributed by atoms with E-state index in [1.807, 2.05) is 13.8 Å². The predicted molar refractivity (Wildman–Crippen MR) is 97.3 cm³/mol. The third kappa shape index (κ3) is 5.77. The summed E-state index contributed by atoms with van der Waals surface area (Å²) in [6.45, 7) is 6.43. The number of anilines is 2. The summed E-state index contributed by atoms with van der Waals surface area (Å²) in [4.78, 5) is 37.3.